The molecule has 0 saturated carbocycles. The number of anilines is 1. The van der Waals surface area contributed by atoms with Crippen molar-refractivity contribution in [1.82, 2.24) is 5.32 Å². The van der Waals surface area contributed by atoms with Gasteiger partial charge < -0.3 is 16.4 Å². The summed E-state index contributed by atoms with van der Waals surface area (Å²) in [7, 11) is 0. The lowest BCUT2D eigenvalue weighted by Crippen LogP contribution is -2.51. The van der Waals surface area contributed by atoms with Crippen LogP contribution in [-0.2, 0) is 11.3 Å². The number of carbonyl (C=O) groups excluding carboxylic acids is 2. The molecule has 0 aliphatic carbocycles. The molecule has 1 atom stereocenters. The van der Waals surface area contributed by atoms with Gasteiger partial charge in [-0.3, -0.25) is 9.59 Å². The Balaban J connectivity index is 0.00000364. The van der Waals surface area contributed by atoms with E-state index in [0.29, 0.717) is 18.7 Å². The second-order valence-corrected chi connectivity index (χ2v) is 6.51. The summed E-state index contributed by atoms with van der Waals surface area (Å²) in [4.78, 5) is 24.3. The first-order chi connectivity index (χ1) is 12.3. The maximum Gasteiger partial charge on any atom is 0.255 e. The smallest absolute Gasteiger partial charge is 0.255 e. The molecule has 1 unspecified atom stereocenters. The van der Waals surface area contributed by atoms with Crippen molar-refractivity contribution in [3.05, 3.63) is 65.5 Å². The lowest BCUT2D eigenvalue weighted by atomic mass is 9.96. The molecule has 4 N–H and O–H groups in total. The average Bonchev–Trinajstić information content (AvgIpc) is 2.60. The number of hydrogen-bond donors (Lipinski definition) is 3. The van der Waals surface area contributed by atoms with E-state index in [1.165, 1.54) is 24.3 Å². The molecule has 5 nitrogen and oxygen atoms in total. The average molecular weight is 394 g/mol. The van der Waals surface area contributed by atoms with Crippen LogP contribution in [-0.4, -0.2) is 17.4 Å². The fourth-order valence-corrected chi connectivity index (χ4v) is 2.61. The minimum atomic E-state index is -0.905. The number of halogens is 2. The summed E-state index contributed by atoms with van der Waals surface area (Å²) >= 11 is 0. The van der Waals surface area contributed by atoms with Crippen molar-refractivity contribution in [2.24, 2.45) is 5.73 Å². The molecular formula is C20H25ClFN3O2. The molecule has 0 spiro atoms. The van der Waals surface area contributed by atoms with Crippen LogP contribution in [0.25, 0.3) is 0 Å². The number of amides is 2. The zero-order chi connectivity index (χ0) is 19.2. The predicted octanol–water partition coefficient (Wildman–Crippen LogP) is 3.63. The number of rotatable bonds is 7. The maximum absolute atomic E-state index is 13.2. The summed E-state index contributed by atoms with van der Waals surface area (Å²) in [6, 6.07) is 12.6. The Bertz CT molecular complexity index is 796. The van der Waals surface area contributed by atoms with Crippen LogP contribution in [0.1, 0.15) is 42.6 Å². The number of nitrogens with two attached hydrogens (primary N) is 1. The zero-order valence-corrected chi connectivity index (χ0v) is 16.2. The summed E-state index contributed by atoms with van der Waals surface area (Å²) in [6.07, 6.45) is 1.42. The number of benzene rings is 2. The van der Waals surface area contributed by atoms with Gasteiger partial charge in [-0.2, -0.15) is 0 Å². The molecule has 0 radical (unpaired) electrons. The third-order valence-corrected chi connectivity index (χ3v) is 4.01. The predicted molar refractivity (Wildman–Crippen MR) is 107 cm³/mol. The van der Waals surface area contributed by atoms with Gasteiger partial charge in [-0.25, -0.2) is 4.39 Å². The van der Waals surface area contributed by atoms with Gasteiger partial charge in [0.05, 0.1) is 5.54 Å². The van der Waals surface area contributed by atoms with Gasteiger partial charge in [0.2, 0.25) is 5.91 Å². The Morgan fingerprint density at radius 1 is 1.15 bits per heavy atom. The minimum Gasteiger partial charge on any atom is -0.350 e. The Hall–Kier alpha value is -2.44. The summed E-state index contributed by atoms with van der Waals surface area (Å²) in [5.74, 6) is -1.08. The molecule has 2 aromatic carbocycles. The summed E-state index contributed by atoms with van der Waals surface area (Å²) in [6.45, 7) is 3.99. The highest BCUT2D eigenvalue weighted by Crippen LogP contribution is 2.14. The highest BCUT2D eigenvalue weighted by molar-refractivity contribution is 6.04. The van der Waals surface area contributed by atoms with Crippen LogP contribution in [0.4, 0.5) is 10.1 Å². The molecule has 146 valence electrons. The monoisotopic (exact) mass is 393 g/mol. The second-order valence-electron chi connectivity index (χ2n) is 6.51. The van der Waals surface area contributed by atoms with Crippen molar-refractivity contribution in [2.45, 2.75) is 38.8 Å². The lowest BCUT2D eigenvalue weighted by molar-refractivity contribution is -0.126. The highest BCUT2D eigenvalue weighted by atomic mass is 35.5. The summed E-state index contributed by atoms with van der Waals surface area (Å²) < 4.78 is 13.2. The van der Waals surface area contributed by atoms with Crippen LogP contribution in [0.5, 0.6) is 0 Å². The van der Waals surface area contributed by atoms with E-state index in [-0.39, 0.29) is 23.9 Å². The van der Waals surface area contributed by atoms with Crippen molar-refractivity contribution >= 4 is 29.9 Å². The molecule has 7 heteroatoms. The van der Waals surface area contributed by atoms with Gasteiger partial charge in [-0.15, -0.1) is 12.4 Å². The van der Waals surface area contributed by atoms with Crippen LogP contribution in [0.15, 0.2) is 48.5 Å². The normalized spacial score (nSPS) is 12.4. The molecule has 0 bridgehead atoms. The third-order valence-electron chi connectivity index (χ3n) is 4.01. The van der Waals surface area contributed by atoms with E-state index in [2.05, 4.69) is 10.6 Å². The van der Waals surface area contributed by atoms with Crippen LogP contribution >= 0.6 is 12.4 Å². The molecule has 0 aromatic heterocycles. The topological polar surface area (TPSA) is 84.2 Å². The van der Waals surface area contributed by atoms with Gasteiger partial charge in [0, 0.05) is 17.8 Å². The molecule has 27 heavy (non-hydrogen) atoms. The van der Waals surface area contributed by atoms with E-state index in [0.717, 1.165) is 12.0 Å². The molecule has 0 aliphatic heterocycles. The van der Waals surface area contributed by atoms with Gasteiger partial charge in [-0.05, 0) is 49.2 Å². The summed E-state index contributed by atoms with van der Waals surface area (Å²) in [5.41, 5.74) is 6.73. The number of hydrogen-bond acceptors (Lipinski definition) is 3. The number of carbonyl (C=O) groups is 2. The first-order valence-electron chi connectivity index (χ1n) is 8.55. The van der Waals surface area contributed by atoms with Crippen LogP contribution < -0.4 is 16.4 Å². The highest BCUT2D eigenvalue weighted by Gasteiger charge is 2.26. The van der Waals surface area contributed by atoms with E-state index in [1.807, 2.05) is 13.0 Å². The fraction of sp³-hybridized carbons (Fsp3) is 0.300. The number of nitrogens with one attached hydrogen (secondary N) is 2. The Morgan fingerprint density at radius 2 is 1.85 bits per heavy atom. The minimum absolute atomic E-state index is 0. The molecule has 0 fully saturated rings. The first kappa shape index (κ1) is 22.6. The SMILES string of the molecule is CCCC(C)(N)C(=O)NCc1cccc(NC(=O)c2cccc(F)c2)c1.Cl. The van der Waals surface area contributed by atoms with Crippen LogP contribution in [0.3, 0.4) is 0 Å². The van der Waals surface area contributed by atoms with E-state index >= 15 is 0 Å². The first-order valence-corrected chi connectivity index (χ1v) is 8.55. The largest absolute Gasteiger partial charge is 0.350 e. The molecular weight excluding hydrogens is 369 g/mol. The quantitative estimate of drug-likeness (QED) is 0.671. The molecule has 2 aromatic rings. The second kappa shape index (κ2) is 10.0. The van der Waals surface area contributed by atoms with Crippen molar-refractivity contribution < 1.29 is 14.0 Å². The van der Waals surface area contributed by atoms with Gasteiger partial charge in [0.25, 0.3) is 5.91 Å². The summed E-state index contributed by atoms with van der Waals surface area (Å²) in [5, 5.41) is 5.54. The lowest BCUT2D eigenvalue weighted by Gasteiger charge is -2.22. The van der Waals surface area contributed by atoms with Gasteiger partial charge in [0.15, 0.2) is 0 Å². The Labute approximate surface area is 164 Å². The Kier molecular flexibility index (Phi) is 8.40. The van der Waals surface area contributed by atoms with Crippen molar-refractivity contribution in [2.75, 3.05) is 5.32 Å². The van der Waals surface area contributed by atoms with Crippen molar-refractivity contribution in [1.29, 1.82) is 0 Å². The van der Waals surface area contributed by atoms with Crippen molar-refractivity contribution in [3.8, 4) is 0 Å². The van der Waals surface area contributed by atoms with E-state index < -0.39 is 17.3 Å². The third kappa shape index (κ3) is 6.66. The van der Waals surface area contributed by atoms with Crippen LogP contribution in [0, 0.1) is 5.82 Å². The molecule has 2 amide bonds. The molecule has 0 saturated heterocycles. The maximum atomic E-state index is 13.2. The molecule has 0 heterocycles. The van der Waals surface area contributed by atoms with E-state index in [4.69, 9.17) is 5.73 Å². The van der Waals surface area contributed by atoms with Gasteiger partial charge >= 0.3 is 0 Å². The van der Waals surface area contributed by atoms with E-state index in [9.17, 15) is 14.0 Å². The molecule has 2 rings (SSSR count). The van der Waals surface area contributed by atoms with Gasteiger partial charge in [-0.1, -0.05) is 31.5 Å². The molecule has 0 aliphatic rings. The van der Waals surface area contributed by atoms with Crippen molar-refractivity contribution in [3.63, 3.8) is 0 Å². The van der Waals surface area contributed by atoms with E-state index in [1.54, 1.807) is 25.1 Å². The van der Waals surface area contributed by atoms with Crippen LogP contribution in [0.2, 0.25) is 0 Å². The Morgan fingerprint density at radius 3 is 2.52 bits per heavy atom. The standard InChI is InChI=1S/C20H24FN3O2.ClH/c1-3-10-20(2,22)19(26)23-13-14-6-4-9-17(11-14)24-18(25)15-7-5-8-16(21)12-15;/h4-9,11-12H,3,10,13,22H2,1-2H3,(H,23,26)(H,24,25);1H. The van der Waals surface area contributed by atoms with Gasteiger partial charge in [0.1, 0.15) is 5.82 Å². The zero-order valence-electron chi connectivity index (χ0n) is 15.4. The fourth-order valence-electron chi connectivity index (χ4n) is 2.61.